The summed E-state index contributed by atoms with van der Waals surface area (Å²) in [6.07, 6.45) is 7.13. The van der Waals surface area contributed by atoms with Gasteiger partial charge in [0.1, 0.15) is 5.60 Å². The third-order valence-corrected chi connectivity index (χ3v) is 4.29. The van der Waals surface area contributed by atoms with Crippen LogP contribution in [-0.4, -0.2) is 14.9 Å². The molecule has 1 heterocycles. The molecule has 0 radical (unpaired) electrons. The van der Waals surface area contributed by atoms with Gasteiger partial charge >= 0.3 is 0 Å². The van der Waals surface area contributed by atoms with Gasteiger partial charge in [-0.3, -0.25) is 4.68 Å². The van der Waals surface area contributed by atoms with Crippen molar-refractivity contribution in [2.24, 2.45) is 5.41 Å². The lowest BCUT2D eigenvalue weighted by molar-refractivity contribution is -0.109. The summed E-state index contributed by atoms with van der Waals surface area (Å²) >= 11 is 0. The molecule has 1 unspecified atom stereocenters. The summed E-state index contributed by atoms with van der Waals surface area (Å²) in [6.45, 7) is 7.38. The molecule has 1 aromatic heterocycles. The van der Waals surface area contributed by atoms with Gasteiger partial charge in [0.05, 0.1) is 5.69 Å². The number of rotatable bonds is 3. The van der Waals surface area contributed by atoms with E-state index in [4.69, 9.17) is 0 Å². The number of hydrogen-bond donors (Lipinski definition) is 1. The van der Waals surface area contributed by atoms with E-state index in [1.54, 1.807) is 0 Å². The van der Waals surface area contributed by atoms with Crippen LogP contribution >= 0.6 is 0 Å². The van der Waals surface area contributed by atoms with E-state index in [2.05, 4.69) is 25.9 Å². The summed E-state index contributed by atoms with van der Waals surface area (Å²) in [7, 11) is 0. The van der Waals surface area contributed by atoms with Crippen molar-refractivity contribution in [2.45, 2.75) is 65.0 Å². The van der Waals surface area contributed by atoms with E-state index < -0.39 is 5.60 Å². The molecule has 96 valence electrons. The van der Waals surface area contributed by atoms with Gasteiger partial charge in [0.2, 0.25) is 0 Å². The fourth-order valence-electron chi connectivity index (χ4n) is 3.04. The standard InChI is InChI=1S/C14H24N2O/c1-4-11-16-12(7-10-15-16)14(17)9-6-5-8-13(14,2)3/h7,10,17H,4-6,8-9,11H2,1-3H3. The predicted octanol–water partition coefficient (Wildman–Crippen LogP) is 3.08. The largest absolute Gasteiger partial charge is 0.383 e. The van der Waals surface area contributed by atoms with Crippen molar-refractivity contribution in [1.29, 1.82) is 0 Å². The molecule has 1 aliphatic rings. The van der Waals surface area contributed by atoms with E-state index >= 15 is 0 Å². The van der Waals surface area contributed by atoms with Crippen LogP contribution in [-0.2, 0) is 12.1 Å². The summed E-state index contributed by atoms with van der Waals surface area (Å²) in [5, 5.41) is 15.5. The number of nitrogens with zero attached hydrogens (tertiary/aromatic N) is 2. The van der Waals surface area contributed by atoms with Gasteiger partial charge in [-0.05, 0) is 30.7 Å². The second-order valence-electron chi connectivity index (χ2n) is 5.89. The fraction of sp³-hybridized carbons (Fsp3) is 0.786. The van der Waals surface area contributed by atoms with Crippen LogP contribution in [0.1, 0.15) is 58.6 Å². The van der Waals surface area contributed by atoms with Crippen molar-refractivity contribution in [3.63, 3.8) is 0 Å². The van der Waals surface area contributed by atoms with E-state index in [0.717, 1.165) is 37.9 Å². The molecule has 0 amide bonds. The zero-order valence-corrected chi connectivity index (χ0v) is 11.2. The Morgan fingerprint density at radius 3 is 2.71 bits per heavy atom. The SMILES string of the molecule is CCCn1nccc1C1(O)CCCCC1(C)C. The van der Waals surface area contributed by atoms with Gasteiger partial charge in [0.15, 0.2) is 0 Å². The first-order chi connectivity index (χ1) is 8.01. The first kappa shape index (κ1) is 12.6. The molecule has 1 aliphatic carbocycles. The highest BCUT2D eigenvalue weighted by Crippen LogP contribution is 2.49. The van der Waals surface area contributed by atoms with Crippen LogP contribution in [0.3, 0.4) is 0 Å². The first-order valence-corrected chi connectivity index (χ1v) is 6.76. The number of hydrogen-bond acceptors (Lipinski definition) is 2. The van der Waals surface area contributed by atoms with Gasteiger partial charge in [-0.25, -0.2) is 0 Å². The Morgan fingerprint density at radius 1 is 1.35 bits per heavy atom. The molecule has 1 aromatic rings. The highest BCUT2D eigenvalue weighted by Gasteiger charge is 2.48. The molecule has 17 heavy (non-hydrogen) atoms. The number of aryl methyl sites for hydroxylation is 1. The van der Waals surface area contributed by atoms with Gasteiger partial charge < -0.3 is 5.11 Å². The maximum Gasteiger partial charge on any atom is 0.111 e. The molecule has 3 nitrogen and oxygen atoms in total. The summed E-state index contributed by atoms with van der Waals surface area (Å²) in [4.78, 5) is 0. The van der Waals surface area contributed by atoms with Crippen molar-refractivity contribution in [3.8, 4) is 0 Å². The van der Waals surface area contributed by atoms with Crippen LogP contribution in [0.5, 0.6) is 0 Å². The van der Waals surface area contributed by atoms with Crippen molar-refractivity contribution in [1.82, 2.24) is 9.78 Å². The van der Waals surface area contributed by atoms with E-state index in [1.807, 2.05) is 16.9 Å². The van der Waals surface area contributed by atoms with Crippen molar-refractivity contribution in [2.75, 3.05) is 0 Å². The minimum absolute atomic E-state index is 0.0588. The summed E-state index contributed by atoms with van der Waals surface area (Å²) in [5.41, 5.74) is 0.234. The Labute approximate surface area is 104 Å². The second-order valence-corrected chi connectivity index (χ2v) is 5.89. The molecule has 0 aliphatic heterocycles. The highest BCUT2D eigenvalue weighted by molar-refractivity contribution is 5.17. The summed E-state index contributed by atoms with van der Waals surface area (Å²) < 4.78 is 1.98. The lowest BCUT2D eigenvalue weighted by Gasteiger charge is -2.46. The van der Waals surface area contributed by atoms with Gasteiger partial charge in [-0.1, -0.05) is 33.6 Å². The fourth-order valence-corrected chi connectivity index (χ4v) is 3.04. The highest BCUT2D eigenvalue weighted by atomic mass is 16.3. The van der Waals surface area contributed by atoms with E-state index in [9.17, 15) is 5.11 Å². The van der Waals surface area contributed by atoms with Crippen molar-refractivity contribution in [3.05, 3.63) is 18.0 Å². The molecule has 0 aromatic carbocycles. The Kier molecular flexibility index (Phi) is 3.30. The van der Waals surface area contributed by atoms with Crippen LogP contribution in [0.2, 0.25) is 0 Å². The zero-order chi connectivity index (χ0) is 12.5. The van der Waals surface area contributed by atoms with Crippen molar-refractivity contribution < 1.29 is 5.11 Å². The van der Waals surface area contributed by atoms with E-state index in [-0.39, 0.29) is 5.41 Å². The van der Waals surface area contributed by atoms with Gasteiger partial charge in [0.25, 0.3) is 0 Å². The molecular weight excluding hydrogens is 212 g/mol. The molecule has 1 N–H and O–H groups in total. The molecule has 3 heteroatoms. The Bertz CT molecular complexity index is 383. The van der Waals surface area contributed by atoms with Gasteiger partial charge in [0, 0.05) is 12.7 Å². The average Bonchev–Trinajstić information content (AvgIpc) is 2.72. The van der Waals surface area contributed by atoms with Crippen LogP contribution in [0.25, 0.3) is 0 Å². The van der Waals surface area contributed by atoms with Crippen LogP contribution in [0.4, 0.5) is 0 Å². The van der Waals surface area contributed by atoms with Crippen LogP contribution in [0.15, 0.2) is 12.3 Å². The predicted molar refractivity (Wildman–Crippen MR) is 68.7 cm³/mol. The summed E-state index contributed by atoms with van der Waals surface area (Å²) in [5.74, 6) is 0. The first-order valence-electron chi connectivity index (χ1n) is 6.76. The third kappa shape index (κ3) is 2.01. The van der Waals surface area contributed by atoms with Crippen LogP contribution in [0, 0.1) is 5.41 Å². The molecule has 1 fully saturated rings. The topological polar surface area (TPSA) is 38.0 Å². The number of aliphatic hydroxyl groups is 1. The van der Waals surface area contributed by atoms with Gasteiger partial charge in [-0.2, -0.15) is 5.10 Å². The smallest absolute Gasteiger partial charge is 0.111 e. The molecule has 1 atom stereocenters. The molecule has 0 spiro atoms. The Hall–Kier alpha value is -0.830. The maximum atomic E-state index is 11.1. The van der Waals surface area contributed by atoms with E-state index in [0.29, 0.717) is 0 Å². The minimum Gasteiger partial charge on any atom is -0.383 e. The molecule has 0 saturated heterocycles. The average molecular weight is 236 g/mol. The molecule has 1 saturated carbocycles. The monoisotopic (exact) mass is 236 g/mol. The Morgan fingerprint density at radius 2 is 2.06 bits per heavy atom. The quantitative estimate of drug-likeness (QED) is 0.875. The lowest BCUT2D eigenvalue weighted by atomic mass is 9.64. The minimum atomic E-state index is -0.711. The Balaban J connectivity index is 2.38. The zero-order valence-electron chi connectivity index (χ0n) is 11.2. The molecular formula is C14H24N2O. The van der Waals surface area contributed by atoms with Crippen LogP contribution < -0.4 is 0 Å². The maximum absolute atomic E-state index is 11.1. The van der Waals surface area contributed by atoms with Gasteiger partial charge in [-0.15, -0.1) is 0 Å². The van der Waals surface area contributed by atoms with E-state index in [1.165, 1.54) is 6.42 Å². The normalized spacial score (nSPS) is 28.2. The molecule has 2 rings (SSSR count). The van der Waals surface area contributed by atoms with Crippen molar-refractivity contribution >= 4 is 0 Å². The number of aromatic nitrogens is 2. The second kappa shape index (κ2) is 4.45. The third-order valence-electron chi connectivity index (χ3n) is 4.29. The lowest BCUT2D eigenvalue weighted by Crippen LogP contribution is -2.46. The molecule has 0 bridgehead atoms. The summed E-state index contributed by atoms with van der Waals surface area (Å²) in [6, 6.07) is 1.99.